The van der Waals surface area contributed by atoms with E-state index in [4.69, 9.17) is 0 Å². The van der Waals surface area contributed by atoms with E-state index in [1.54, 1.807) is 19.2 Å². The number of nitrogens with one attached hydrogen (secondary N) is 2. The average Bonchev–Trinajstić information content (AvgIpc) is 3.03. The van der Waals surface area contributed by atoms with Crippen LogP contribution in [0.5, 0.6) is 0 Å². The predicted molar refractivity (Wildman–Crippen MR) is 102 cm³/mol. The number of amides is 1. The SMILES string of the molecule is CNC(=O)c1cc(S(=O)(=O)N2CCNCC2c2cccc(F)c2)cn1C.Cl. The normalized spacial score (nSPS) is 18.0. The first-order valence-electron chi connectivity index (χ1n) is 8.21. The van der Waals surface area contributed by atoms with Gasteiger partial charge in [0.15, 0.2) is 0 Å². The van der Waals surface area contributed by atoms with Gasteiger partial charge in [-0.25, -0.2) is 12.8 Å². The summed E-state index contributed by atoms with van der Waals surface area (Å²) in [6.45, 7) is 1.14. The molecule has 1 aromatic carbocycles. The van der Waals surface area contributed by atoms with Crippen LogP contribution in [0.4, 0.5) is 4.39 Å². The summed E-state index contributed by atoms with van der Waals surface area (Å²) in [4.78, 5) is 11.9. The van der Waals surface area contributed by atoms with Gasteiger partial charge in [0.1, 0.15) is 16.4 Å². The number of hydrogen-bond acceptors (Lipinski definition) is 4. The van der Waals surface area contributed by atoms with Gasteiger partial charge < -0.3 is 15.2 Å². The highest BCUT2D eigenvalue weighted by atomic mass is 35.5. The fourth-order valence-electron chi connectivity index (χ4n) is 3.14. The Morgan fingerprint density at radius 2 is 2.07 bits per heavy atom. The smallest absolute Gasteiger partial charge is 0.267 e. The van der Waals surface area contributed by atoms with Gasteiger partial charge in [-0.3, -0.25) is 4.79 Å². The third kappa shape index (κ3) is 4.16. The Labute approximate surface area is 164 Å². The molecule has 0 aliphatic carbocycles. The lowest BCUT2D eigenvalue weighted by atomic mass is 10.1. The molecule has 10 heteroatoms. The van der Waals surface area contributed by atoms with Crippen LogP contribution in [0.15, 0.2) is 41.4 Å². The molecule has 1 aliphatic heterocycles. The van der Waals surface area contributed by atoms with Crippen molar-refractivity contribution in [3.8, 4) is 0 Å². The first kappa shape index (κ1) is 21.4. The molecule has 1 aliphatic rings. The molecule has 27 heavy (non-hydrogen) atoms. The molecule has 1 aromatic heterocycles. The maximum atomic E-state index is 13.6. The van der Waals surface area contributed by atoms with Crippen molar-refractivity contribution in [2.75, 3.05) is 26.7 Å². The van der Waals surface area contributed by atoms with Crippen LogP contribution >= 0.6 is 12.4 Å². The molecular weight excluding hydrogens is 395 g/mol. The highest BCUT2D eigenvalue weighted by molar-refractivity contribution is 7.89. The van der Waals surface area contributed by atoms with Crippen molar-refractivity contribution in [1.82, 2.24) is 19.5 Å². The number of piperazine rings is 1. The van der Waals surface area contributed by atoms with Crippen molar-refractivity contribution >= 4 is 28.3 Å². The third-order valence-corrected chi connectivity index (χ3v) is 6.35. The largest absolute Gasteiger partial charge is 0.354 e. The number of nitrogens with zero attached hydrogens (tertiary/aromatic N) is 2. The van der Waals surface area contributed by atoms with E-state index in [1.165, 1.54) is 40.3 Å². The average molecular weight is 417 g/mol. The molecular formula is C17H22ClFN4O3S. The van der Waals surface area contributed by atoms with E-state index in [9.17, 15) is 17.6 Å². The topological polar surface area (TPSA) is 83.4 Å². The van der Waals surface area contributed by atoms with Gasteiger partial charge in [0.2, 0.25) is 10.0 Å². The Kier molecular flexibility index (Phi) is 6.63. The maximum Gasteiger partial charge on any atom is 0.267 e. The van der Waals surface area contributed by atoms with Crippen LogP contribution in [0.2, 0.25) is 0 Å². The lowest BCUT2D eigenvalue weighted by molar-refractivity contribution is 0.0955. The zero-order chi connectivity index (χ0) is 18.9. The molecule has 0 radical (unpaired) electrons. The van der Waals surface area contributed by atoms with Crippen LogP contribution in [0, 0.1) is 5.82 Å². The van der Waals surface area contributed by atoms with Gasteiger partial charge in [0.25, 0.3) is 5.91 Å². The molecule has 1 unspecified atom stereocenters. The second kappa shape index (κ2) is 8.39. The Balaban J connectivity index is 0.00000261. The summed E-state index contributed by atoms with van der Waals surface area (Å²) in [5.74, 6) is -0.775. The number of benzene rings is 1. The van der Waals surface area contributed by atoms with E-state index in [0.717, 1.165) is 0 Å². The fourth-order valence-corrected chi connectivity index (χ4v) is 4.82. The number of rotatable bonds is 4. The number of hydrogen-bond donors (Lipinski definition) is 2. The van der Waals surface area contributed by atoms with E-state index < -0.39 is 21.9 Å². The molecule has 2 N–H and O–H groups in total. The Bertz CT molecular complexity index is 932. The molecule has 2 heterocycles. The molecule has 1 amide bonds. The number of carbonyl (C=O) groups is 1. The van der Waals surface area contributed by atoms with Gasteiger partial charge in [-0.15, -0.1) is 12.4 Å². The van der Waals surface area contributed by atoms with Crippen LogP contribution in [0.3, 0.4) is 0 Å². The Morgan fingerprint density at radius 1 is 1.33 bits per heavy atom. The number of aryl methyl sites for hydroxylation is 1. The standard InChI is InChI=1S/C17H21FN4O3S.ClH/c1-19-17(23)15-9-14(11-21(15)2)26(24,25)22-7-6-20-10-16(22)12-4-3-5-13(18)8-12;/h3-5,8-9,11,16,20H,6-7,10H2,1-2H3,(H,19,23);1H. The number of aromatic nitrogens is 1. The minimum atomic E-state index is -3.85. The van der Waals surface area contributed by atoms with E-state index >= 15 is 0 Å². The van der Waals surface area contributed by atoms with E-state index in [1.807, 2.05) is 0 Å². The van der Waals surface area contributed by atoms with Crippen LogP contribution in [-0.4, -0.2) is 49.9 Å². The summed E-state index contributed by atoms with van der Waals surface area (Å²) in [5, 5.41) is 5.64. The van der Waals surface area contributed by atoms with Crippen LogP contribution in [-0.2, 0) is 17.1 Å². The monoisotopic (exact) mass is 416 g/mol. The summed E-state index contributed by atoms with van der Waals surface area (Å²) < 4.78 is 42.8. The minimum absolute atomic E-state index is 0. The zero-order valence-corrected chi connectivity index (χ0v) is 16.6. The van der Waals surface area contributed by atoms with E-state index in [0.29, 0.717) is 18.7 Å². The third-order valence-electron chi connectivity index (χ3n) is 4.47. The quantitative estimate of drug-likeness (QED) is 0.786. The summed E-state index contributed by atoms with van der Waals surface area (Å²) in [5.41, 5.74) is 0.840. The van der Waals surface area contributed by atoms with Gasteiger partial charge in [-0.05, 0) is 23.8 Å². The molecule has 2 aromatic rings. The summed E-state index contributed by atoms with van der Waals surface area (Å²) >= 11 is 0. The lowest BCUT2D eigenvalue weighted by Crippen LogP contribution is -2.48. The first-order valence-corrected chi connectivity index (χ1v) is 9.65. The molecule has 0 spiro atoms. The second-order valence-electron chi connectivity index (χ2n) is 6.14. The van der Waals surface area contributed by atoms with Crippen LogP contribution in [0.25, 0.3) is 0 Å². The molecule has 1 atom stereocenters. The lowest BCUT2D eigenvalue weighted by Gasteiger charge is -2.35. The summed E-state index contributed by atoms with van der Waals surface area (Å²) in [7, 11) is -0.743. The number of halogens is 2. The number of sulfonamides is 1. The predicted octanol–water partition coefficient (Wildman–Crippen LogP) is 1.28. The van der Waals surface area contributed by atoms with Gasteiger partial charge in [0, 0.05) is 39.9 Å². The van der Waals surface area contributed by atoms with Crippen LogP contribution in [0.1, 0.15) is 22.1 Å². The molecule has 3 rings (SSSR count). The molecule has 1 saturated heterocycles. The van der Waals surface area contributed by atoms with E-state index in [2.05, 4.69) is 10.6 Å². The second-order valence-corrected chi connectivity index (χ2v) is 8.03. The van der Waals surface area contributed by atoms with Crippen LogP contribution < -0.4 is 10.6 Å². The van der Waals surface area contributed by atoms with Gasteiger partial charge in [-0.1, -0.05) is 12.1 Å². The van der Waals surface area contributed by atoms with Crippen molar-refractivity contribution in [2.45, 2.75) is 10.9 Å². The Hall–Kier alpha value is -1.94. The van der Waals surface area contributed by atoms with Gasteiger partial charge >= 0.3 is 0 Å². The Morgan fingerprint density at radius 3 is 2.74 bits per heavy atom. The molecule has 0 bridgehead atoms. The van der Waals surface area contributed by atoms with Crippen molar-refractivity contribution < 1.29 is 17.6 Å². The summed E-state index contributed by atoms with van der Waals surface area (Å²) in [6, 6.07) is 6.79. The first-order chi connectivity index (χ1) is 12.3. The van der Waals surface area contributed by atoms with Crippen molar-refractivity contribution in [3.63, 3.8) is 0 Å². The molecule has 0 saturated carbocycles. The van der Waals surface area contributed by atoms with Gasteiger partial charge in [-0.2, -0.15) is 4.31 Å². The molecule has 7 nitrogen and oxygen atoms in total. The molecule has 1 fully saturated rings. The van der Waals surface area contributed by atoms with Crippen molar-refractivity contribution in [2.24, 2.45) is 7.05 Å². The van der Waals surface area contributed by atoms with Gasteiger partial charge in [0.05, 0.1) is 6.04 Å². The zero-order valence-electron chi connectivity index (χ0n) is 15.0. The maximum absolute atomic E-state index is 13.6. The minimum Gasteiger partial charge on any atom is -0.354 e. The number of carbonyl (C=O) groups excluding carboxylic acids is 1. The van der Waals surface area contributed by atoms with Crippen molar-refractivity contribution in [3.05, 3.63) is 53.6 Å². The fraction of sp³-hybridized carbons (Fsp3) is 0.353. The summed E-state index contributed by atoms with van der Waals surface area (Å²) in [6.07, 6.45) is 1.42. The highest BCUT2D eigenvalue weighted by Gasteiger charge is 2.35. The molecule has 148 valence electrons. The highest BCUT2D eigenvalue weighted by Crippen LogP contribution is 2.30. The van der Waals surface area contributed by atoms with Crippen molar-refractivity contribution in [1.29, 1.82) is 0 Å². The van der Waals surface area contributed by atoms with E-state index in [-0.39, 0.29) is 35.4 Å².